The molecule has 0 spiro atoms. The molecule has 0 aliphatic heterocycles. The fourth-order valence-corrected chi connectivity index (χ4v) is 6.48. The number of hydrogen-bond acceptors (Lipinski definition) is 9. The number of ether oxygens (including phenoxy) is 2. The van der Waals surface area contributed by atoms with Crippen LogP contribution in [0.4, 0.5) is 0 Å². The third kappa shape index (κ3) is 35.3. The Morgan fingerprint density at radius 3 is 1.40 bits per heavy atom. The van der Waals surface area contributed by atoms with Gasteiger partial charge in [0.15, 0.2) is 6.10 Å². The first-order valence-electron chi connectivity index (χ1n) is 20.7. The first kappa shape index (κ1) is 50.2. The quantitative estimate of drug-likeness (QED) is 0.0235. The average Bonchev–Trinajstić information content (AvgIpc) is 3.12. The lowest BCUT2D eigenvalue weighted by Crippen LogP contribution is -2.34. The van der Waals surface area contributed by atoms with Crippen LogP contribution in [-0.2, 0) is 37.5 Å². The standard InChI is InChI=1S/C40H76NO10P/c1-3-5-7-9-11-13-15-17-18-20-21-23-25-27-29-31-38(42)48-33-36(34-49-52(46,47)50-35-37(41)40(44)45)51-39(43)32-30-28-26-24-22-19-16-14-12-10-8-6-4-2/h17-18,36-37H,3-16,19-35,41H2,1-2H3,(H,44,45)(H,46,47)/b18-17-. The van der Waals surface area contributed by atoms with Gasteiger partial charge in [0.1, 0.15) is 12.6 Å². The van der Waals surface area contributed by atoms with E-state index >= 15 is 0 Å². The summed E-state index contributed by atoms with van der Waals surface area (Å²) in [4.78, 5) is 45.8. The number of aliphatic carboxylic acids is 1. The SMILES string of the molecule is CCCCCCCC/C=C\CCCCCCCC(=O)OCC(COP(=O)(O)OCC(N)C(=O)O)OC(=O)CCCCCCCCCCCCCCC. The van der Waals surface area contributed by atoms with Crippen molar-refractivity contribution in [2.45, 2.75) is 206 Å². The molecule has 0 aromatic rings. The van der Waals surface area contributed by atoms with Gasteiger partial charge in [0, 0.05) is 12.8 Å². The largest absolute Gasteiger partial charge is 0.480 e. The zero-order chi connectivity index (χ0) is 38.5. The van der Waals surface area contributed by atoms with E-state index < -0.39 is 51.1 Å². The van der Waals surface area contributed by atoms with Crippen molar-refractivity contribution in [1.82, 2.24) is 0 Å². The van der Waals surface area contributed by atoms with Gasteiger partial charge in [-0.05, 0) is 38.5 Å². The zero-order valence-electron chi connectivity index (χ0n) is 32.9. The monoisotopic (exact) mass is 762 g/mol. The molecule has 306 valence electrons. The fraction of sp³-hybridized carbons (Fsp3) is 0.875. The van der Waals surface area contributed by atoms with Crippen LogP contribution >= 0.6 is 7.82 Å². The lowest BCUT2D eigenvalue weighted by molar-refractivity contribution is -0.161. The highest BCUT2D eigenvalue weighted by molar-refractivity contribution is 7.47. The molecule has 4 N–H and O–H groups in total. The molecule has 12 heteroatoms. The summed E-state index contributed by atoms with van der Waals surface area (Å²) in [5.41, 5.74) is 5.32. The molecule has 0 rings (SSSR count). The van der Waals surface area contributed by atoms with Gasteiger partial charge in [-0.1, -0.05) is 154 Å². The number of carboxylic acids is 1. The van der Waals surface area contributed by atoms with Crippen molar-refractivity contribution in [3.8, 4) is 0 Å². The van der Waals surface area contributed by atoms with Gasteiger partial charge in [-0.15, -0.1) is 0 Å². The maximum atomic E-state index is 12.6. The summed E-state index contributed by atoms with van der Waals surface area (Å²) in [6.07, 6.45) is 34.2. The number of carboxylic acid groups (broad SMARTS) is 1. The Hall–Kier alpha value is -1.78. The molecule has 0 amide bonds. The summed E-state index contributed by atoms with van der Waals surface area (Å²) in [7, 11) is -4.71. The molecule has 0 fully saturated rings. The average molecular weight is 762 g/mol. The second kappa shape index (κ2) is 36.2. The predicted molar refractivity (Wildman–Crippen MR) is 208 cm³/mol. The molecule has 0 saturated heterocycles. The van der Waals surface area contributed by atoms with Crippen LogP contribution in [0.3, 0.4) is 0 Å². The third-order valence-corrected chi connectivity index (χ3v) is 9.96. The maximum absolute atomic E-state index is 12.6. The summed E-state index contributed by atoms with van der Waals surface area (Å²) in [6, 6.07) is -1.52. The van der Waals surface area contributed by atoms with E-state index in [0.717, 1.165) is 57.8 Å². The van der Waals surface area contributed by atoms with Crippen molar-refractivity contribution in [1.29, 1.82) is 0 Å². The van der Waals surface area contributed by atoms with Crippen LogP contribution in [0.2, 0.25) is 0 Å². The number of carbonyl (C=O) groups excluding carboxylic acids is 2. The number of rotatable bonds is 39. The van der Waals surface area contributed by atoms with Crippen LogP contribution in [0.5, 0.6) is 0 Å². The number of nitrogens with two attached hydrogens (primary N) is 1. The molecule has 0 aliphatic rings. The summed E-state index contributed by atoms with van der Waals surface area (Å²) < 4.78 is 32.6. The maximum Gasteiger partial charge on any atom is 0.472 e. The van der Waals surface area contributed by atoms with Crippen LogP contribution < -0.4 is 5.73 Å². The van der Waals surface area contributed by atoms with E-state index in [-0.39, 0.29) is 19.4 Å². The van der Waals surface area contributed by atoms with Crippen LogP contribution in [0, 0.1) is 0 Å². The van der Waals surface area contributed by atoms with Crippen LogP contribution in [-0.4, -0.2) is 59.9 Å². The van der Waals surface area contributed by atoms with Crippen molar-refractivity contribution >= 4 is 25.7 Å². The van der Waals surface area contributed by atoms with Gasteiger partial charge in [0.2, 0.25) is 0 Å². The summed E-state index contributed by atoms with van der Waals surface area (Å²) in [6.45, 7) is 2.79. The third-order valence-electron chi connectivity index (χ3n) is 9.01. The minimum Gasteiger partial charge on any atom is -0.480 e. The van der Waals surface area contributed by atoms with Gasteiger partial charge in [-0.2, -0.15) is 0 Å². The molecular weight excluding hydrogens is 685 g/mol. The van der Waals surface area contributed by atoms with Gasteiger partial charge >= 0.3 is 25.7 Å². The van der Waals surface area contributed by atoms with E-state index in [4.69, 9.17) is 24.8 Å². The first-order chi connectivity index (χ1) is 25.1. The Morgan fingerprint density at radius 2 is 0.962 bits per heavy atom. The second-order valence-corrected chi connectivity index (χ2v) is 15.6. The summed E-state index contributed by atoms with van der Waals surface area (Å²) >= 11 is 0. The van der Waals surface area contributed by atoms with Crippen molar-refractivity contribution in [2.75, 3.05) is 19.8 Å². The Balaban J connectivity index is 4.38. The van der Waals surface area contributed by atoms with Crippen LogP contribution in [0.25, 0.3) is 0 Å². The van der Waals surface area contributed by atoms with Crippen molar-refractivity contribution < 1.29 is 47.5 Å². The highest BCUT2D eigenvalue weighted by Gasteiger charge is 2.28. The molecular formula is C40H76NO10P. The Morgan fingerprint density at radius 1 is 0.577 bits per heavy atom. The van der Waals surface area contributed by atoms with E-state index in [2.05, 4.69) is 30.5 Å². The first-order valence-corrected chi connectivity index (χ1v) is 22.2. The van der Waals surface area contributed by atoms with E-state index in [9.17, 15) is 23.8 Å². The molecule has 0 heterocycles. The molecule has 52 heavy (non-hydrogen) atoms. The minimum atomic E-state index is -4.71. The number of phosphoric ester groups is 1. The van der Waals surface area contributed by atoms with Gasteiger partial charge < -0.3 is 25.2 Å². The fourth-order valence-electron chi connectivity index (χ4n) is 5.71. The highest BCUT2D eigenvalue weighted by atomic mass is 31.2. The Bertz CT molecular complexity index is 947. The number of hydrogen-bond donors (Lipinski definition) is 3. The van der Waals surface area contributed by atoms with Gasteiger partial charge in [-0.3, -0.25) is 23.4 Å². The van der Waals surface area contributed by atoms with Crippen LogP contribution in [0.1, 0.15) is 194 Å². The van der Waals surface area contributed by atoms with E-state index in [1.165, 1.54) is 96.3 Å². The smallest absolute Gasteiger partial charge is 0.472 e. The lowest BCUT2D eigenvalue weighted by atomic mass is 10.0. The van der Waals surface area contributed by atoms with Gasteiger partial charge in [0.25, 0.3) is 0 Å². The molecule has 3 unspecified atom stereocenters. The molecule has 0 aromatic carbocycles. The molecule has 0 saturated carbocycles. The molecule has 0 bridgehead atoms. The number of phosphoric acid groups is 1. The predicted octanol–water partition coefficient (Wildman–Crippen LogP) is 10.5. The van der Waals surface area contributed by atoms with E-state index in [0.29, 0.717) is 12.8 Å². The Labute approximate surface area is 316 Å². The van der Waals surface area contributed by atoms with E-state index in [1.54, 1.807) is 0 Å². The van der Waals surface area contributed by atoms with Gasteiger partial charge in [-0.25, -0.2) is 4.57 Å². The number of carbonyl (C=O) groups is 3. The van der Waals surface area contributed by atoms with Crippen molar-refractivity contribution in [2.24, 2.45) is 5.73 Å². The number of unbranched alkanes of at least 4 members (excludes halogenated alkanes) is 23. The van der Waals surface area contributed by atoms with E-state index in [1.807, 2.05) is 0 Å². The molecule has 11 nitrogen and oxygen atoms in total. The highest BCUT2D eigenvalue weighted by Crippen LogP contribution is 2.43. The lowest BCUT2D eigenvalue weighted by Gasteiger charge is -2.20. The molecule has 0 aromatic heterocycles. The minimum absolute atomic E-state index is 0.165. The molecule has 3 atom stereocenters. The van der Waals surface area contributed by atoms with Crippen molar-refractivity contribution in [3.05, 3.63) is 12.2 Å². The molecule has 0 radical (unpaired) electrons. The van der Waals surface area contributed by atoms with Gasteiger partial charge in [0.05, 0.1) is 13.2 Å². The number of esters is 2. The normalized spacial score (nSPS) is 13.9. The topological polar surface area (TPSA) is 172 Å². The Kier molecular flexibility index (Phi) is 35.0. The number of allylic oxidation sites excluding steroid dienone is 2. The van der Waals surface area contributed by atoms with Crippen LogP contribution in [0.15, 0.2) is 12.2 Å². The van der Waals surface area contributed by atoms with Crippen molar-refractivity contribution in [3.63, 3.8) is 0 Å². The summed E-state index contributed by atoms with van der Waals surface area (Å²) in [5, 5.41) is 8.87. The second-order valence-electron chi connectivity index (χ2n) is 14.1. The zero-order valence-corrected chi connectivity index (χ0v) is 33.8. The summed E-state index contributed by atoms with van der Waals surface area (Å²) in [5.74, 6) is -2.38. The molecule has 0 aliphatic carbocycles.